The first-order chi connectivity index (χ1) is 9.85. The van der Waals surface area contributed by atoms with E-state index in [2.05, 4.69) is 41.0 Å². The average Bonchev–Trinajstić information content (AvgIpc) is 2.36. The van der Waals surface area contributed by atoms with E-state index in [1.165, 1.54) is 17.7 Å². The number of hydrogen-bond donors (Lipinski definition) is 2. The topological polar surface area (TPSA) is 53.6 Å². The lowest BCUT2D eigenvalue weighted by Gasteiger charge is -2.27. The fourth-order valence-corrected chi connectivity index (χ4v) is 2.47. The molecule has 5 heteroatoms. The van der Waals surface area contributed by atoms with Crippen LogP contribution in [0.15, 0.2) is 18.2 Å². The number of fused-ring (bicyclic) bond motifs is 1. The van der Waals surface area contributed by atoms with E-state index in [9.17, 15) is 4.79 Å². The minimum absolute atomic E-state index is 0.458. The third-order valence-corrected chi connectivity index (χ3v) is 3.38. The molecular formula is C16H25N3O2. The average molecular weight is 291 g/mol. The summed E-state index contributed by atoms with van der Waals surface area (Å²) in [6.07, 6.45) is 1.85. The zero-order valence-electron chi connectivity index (χ0n) is 13.3. The van der Waals surface area contributed by atoms with Gasteiger partial charge in [0, 0.05) is 25.8 Å². The molecule has 1 heterocycles. The first-order valence-electron chi connectivity index (χ1n) is 7.40. The highest BCUT2D eigenvalue weighted by Crippen LogP contribution is 2.26. The Balaban J connectivity index is 1.86. The number of nitrogens with zero attached hydrogens (tertiary/aromatic N) is 1. The quantitative estimate of drug-likeness (QED) is 0.841. The molecule has 116 valence electrons. The smallest absolute Gasteiger partial charge is 0.422 e. The molecule has 5 nitrogen and oxygen atoms in total. The minimum Gasteiger partial charge on any atom is -0.443 e. The van der Waals surface area contributed by atoms with Gasteiger partial charge in [0.1, 0.15) is 5.60 Å². The molecule has 0 fully saturated rings. The maximum absolute atomic E-state index is 11.5. The summed E-state index contributed by atoms with van der Waals surface area (Å²) in [6.45, 7) is 7.21. The van der Waals surface area contributed by atoms with Gasteiger partial charge in [-0.1, -0.05) is 12.1 Å². The third kappa shape index (κ3) is 4.63. The van der Waals surface area contributed by atoms with Crippen molar-refractivity contribution in [3.63, 3.8) is 0 Å². The summed E-state index contributed by atoms with van der Waals surface area (Å²) in [6, 6.07) is 6.44. The summed E-state index contributed by atoms with van der Waals surface area (Å²) in [4.78, 5) is 13.8. The maximum atomic E-state index is 11.5. The van der Waals surface area contributed by atoms with Crippen LogP contribution >= 0.6 is 0 Å². The summed E-state index contributed by atoms with van der Waals surface area (Å²) in [5.41, 5.74) is 8.81. The number of hydrazine groups is 1. The SMILES string of the molecule is CN1CCCc2cc(CNNC(=O)OC(C)(C)C)ccc21. The van der Waals surface area contributed by atoms with Crippen molar-refractivity contribution in [2.45, 2.75) is 45.8 Å². The normalized spacial score (nSPS) is 14.6. The van der Waals surface area contributed by atoms with Gasteiger partial charge in [0.05, 0.1) is 0 Å². The number of hydrogen-bond acceptors (Lipinski definition) is 4. The van der Waals surface area contributed by atoms with Crippen molar-refractivity contribution in [3.8, 4) is 0 Å². The van der Waals surface area contributed by atoms with Crippen LogP contribution in [-0.4, -0.2) is 25.3 Å². The predicted molar refractivity (Wildman–Crippen MR) is 84.2 cm³/mol. The number of rotatable bonds is 3. The van der Waals surface area contributed by atoms with Crippen LogP contribution in [0.5, 0.6) is 0 Å². The second kappa shape index (κ2) is 6.35. The van der Waals surface area contributed by atoms with E-state index in [-0.39, 0.29) is 0 Å². The summed E-state index contributed by atoms with van der Waals surface area (Å²) >= 11 is 0. The zero-order valence-corrected chi connectivity index (χ0v) is 13.3. The van der Waals surface area contributed by atoms with Crippen molar-refractivity contribution < 1.29 is 9.53 Å². The van der Waals surface area contributed by atoms with Gasteiger partial charge in [-0.25, -0.2) is 10.2 Å². The number of ether oxygens (including phenoxy) is 1. The molecule has 0 unspecified atom stereocenters. The molecule has 1 amide bonds. The predicted octanol–water partition coefficient (Wildman–Crippen LogP) is 2.60. The fourth-order valence-electron chi connectivity index (χ4n) is 2.47. The first-order valence-corrected chi connectivity index (χ1v) is 7.40. The highest BCUT2D eigenvalue weighted by molar-refractivity contribution is 5.67. The van der Waals surface area contributed by atoms with Gasteiger partial charge in [0.2, 0.25) is 0 Å². The molecule has 0 atom stereocenters. The molecule has 1 aliphatic heterocycles. The molecule has 2 N–H and O–H groups in total. The Kier molecular flexibility index (Phi) is 4.73. The van der Waals surface area contributed by atoms with Gasteiger partial charge < -0.3 is 9.64 Å². The maximum Gasteiger partial charge on any atom is 0.422 e. The molecule has 1 aromatic carbocycles. The van der Waals surface area contributed by atoms with Crippen molar-refractivity contribution in [2.24, 2.45) is 0 Å². The second-order valence-electron chi connectivity index (χ2n) is 6.47. The van der Waals surface area contributed by atoms with Gasteiger partial charge in [-0.15, -0.1) is 0 Å². The summed E-state index contributed by atoms with van der Waals surface area (Å²) in [5.74, 6) is 0. The van der Waals surface area contributed by atoms with Gasteiger partial charge >= 0.3 is 6.09 Å². The highest BCUT2D eigenvalue weighted by Gasteiger charge is 2.16. The molecule has 1 aliphatic rings. The Morgan fingerprint density at radius 1 is 1.38 bits per heavy atom. The molecule has 0 saturated heterocycles. The molecule has 2 rings (SSSR count). The summed E-state index contributed by atoms with van der Waals surface area (Å²) in [7, 11) is 2.12. The van der Waals surface area contributed by atoms with Crippen molar-refractivity contribution in [2.75, 3.05) is 18.5 Å². The van der Waals surface area contributed by atoms with E-state index in [4.69, 9.17) is 4.74 Å². The van der Waals surface area contributed by atoms with Crippen molar-refractivity contribution >= 4 is 11.8 Å². The van der Waals surface area contributed by atoms with E-state index in [1.54, 1.807) is 0 Å². The lowest BCUT2D eigenvalue weighted by atomic mass is 10.00. The fraction of sp³-hybridized carbons (Fsp3) is 0.562. The number of aryl methyl sites for hydroxylation is 1. The molecule has 0 saturated carbocycles. The number of carbonyl (C=O) groups is 1. The van der Waals surface area contributed by atoms with Crippen LogP contribution in [0.25, 0.3) is 0 Å². The second-order valence-corrected chi connectivity index (χ2v) is 6.47. The van der Waals surface area contributed by atoms with Crippen LogP contribution in [-0.2, 0) is 17.7 Å². The molecule has 0 aromatic heterocycles. The van der Waals surface area contributed by atoms with Crippen LogP contribution in [0.2, 0.25) is 0 Å². The van der Waals surface area contributed by atoms with E-state index in [0.29, 0.717) is 6.54 Å². The highest BCUT2D eigenvalue weighted by atomic mass is 16.6. The van der Waals surface area contributed by atoms with E-state index in [1.807, 2.05) is 20.8 Å². The van der Waals surface area contributed by atoms with Gasteiger partial charge in [0.15, 0.2) is 0 Å². The Morgan fingerprint density at radius 3 is 2.86 bits per heavy atom. The van der Waals surface area contributed by atoms with E-state index < -0.39 is 11.7 Å². The van der Waals surface area contributed by atoms with Gasteiger partial charge in [-0.05, 0) is 50.8 Å². The molecule has 1 aromatic rings. The largest absolute Gasteiger partial charge is 0.443 e. The monoisotopic (exact) mass is 291 g/mol. The molecule has 0 spiro atoms. The first kappa shape index (κ1) is 15.6. The Bertz CT molecular complexity index is 509. The Hall–Kier alpha value is -1.75. The number of nitrogens with one attached hydrogen (secondary N) is 2. The van der Waals surface area contributed by atoms with Crippen molar-refractivity contribution in [3.05, 3.63) is 29.3 Å². The number of carbonyl (C=O) groups excluding carboxylic acids is 1. The minimum atomic E-state index is -0.484. The van der Waals surface area contributed by atoms with E-state index in [0.717, 1.165) is 18.5 Å². The molecule has 0 aliphatic carbocycles. The number of amides is 1. The van der Waals surface area contributed by atoms with Crippen LogP contribution in [0.4, 0.5) is 10.5 Å². The van der Waals surface area contributed by atoms with Crippen LogP contribution in [0, 0.1) is 0 Å². The third-order valence-electron chi connectivity index (χ3n) is 3.38. The summed E-state index contributed by atoms with van der Waals surface area (Å²) in [5, 5.41) is 0. The molecule has 0 radical (unpaired) electrons. The standard InChI is InChI=1S/C16H25N3O2/c1-16(2,3)21-15(20)18-17-11-12-7-8-14-13(10-12)6-5-9-19(14)4/h7-8,10,17H,5-6,9,11H2,1-4H3,(H,18,20). The number of anilines is 1. The van der Waals surface area contributed by atoms with Crippen LogP contribution < -0.4 is 15.8 Å². The van der Waals surface area contributed by atoms with Gasteiger partial charge in [0.25, 0.3) is 0 Å². The zero-order chi connectivity index (χ0) is 15.5. The molecular weight excluding hydrogens is 266 g/mol. The van der Waals surface area contributed by atoms with E-state index >= 15 is 0 Å². The number of benzene rings is 1. The Labute approximate surface area is 126 Å². The molecule has 0 bridgehead atoms. The van der Waals surface area contributed by atoms with Crippen LogP contribution in [0.1, 0.15) is 38.3 Å². The van der Waals surface area contributed by atoms with Crippen LogP contribution in [0.3, 0.4) is 0 Å². The lowest BCUT2D eigenvalue weighted by Crippen LogP contribution is -2.40. The van der Waals surface area contributed by atoms with Crippen molar-refractivity contribution in [1.29, 1.82) is 0 Å². The summed E-state index contributed by atoms with van der Waals surface area (Å²) < 4.78 is 5.16. The van der Waals surface area contributed by atoms with Gasteiger partial charge in [-0.2, -0.15) is 0 Å². The van der Waals surface area contributed by atoms with Gasteiger partial charge in [-0.3, -0.25) is 5.43 Å². The van der Waals surface area contributed by atoms with Crippen molar-refractivity contribution in [1.82, 2.24) is 10.9 Å². The Morgan fingerprint density at radius 2 is 2.14 bits per heavy atom. The lowest BCUT2D eigenvalue weighted by molar-refractivity contribution is 0.0497. The molecule has 21 heavy (non-hydrogen) atoms.